The van der Waals surface area contributed by atoms with Gasteiger partial charge < -0.3 is 14.4 Å². The smallest absolute Gasteiger partial charge is 0.246 e. The van der Waals surface area contributed by atoms with E-state index in [9.17, 15) is 8.42 Å². The summed E-state index contributed by atoms with van der Waals surface area (Å²) >= 11 is 0. The largest absolute Gasteiger partial charge is 0.497 e. The molecule has 4 heterocycles. The molecule has 2 unspecified atom stereocenters. The van der Waals surface area contributed by atoms with Crippen LogP contribution in [0.4, 0.5) is 5.82 Å². The number of fused-ring (bicyclic) bond motifs is 2. The molecule has 2 aliphatic rings. The molecular formula is C19H22N6O4S. The number of aromatic nitrogens is 4. The second kappa shape index (κ2) is 7.10. The van der Waals surface area contributed by atoms with Gasteiger partial charge in [0.1, 0.15) is 28.5 Å². The molecule has 0 amide bonds. The third-order valence-electron chi connectivity index (χ3n) is 5.91. The molecule has 0 N–H and O–H groups in total. The summed E-state index contributed by atoms with van der Waals surface area (Å²) in [7, 11) is -0.704. The maximum absolute atomic E-state index is 13.3. The normalized spacial score (nSPS) is 21.9. The summed E-state index contributed by atoms with van der Waals surface area (Å²) in [5.41, 5.74) is 0.697. The van der Waals surface area contributed by atoms with Gasteiger partial charge >= 0.3 is 0 Å². The van der Waals surface area contributed by atoms with Crippen molar-refractivity contribution in [2.75, 3.05) is 45.3 Å². The summed E-state index contributed by atoms with van der Waals surface area (Å²) in [6.07, 6.45) is 1.57. The highest BCUT2D eigenvalue weighted by Crippen LogP contribution is 2.38. The molecule has 30 heavy (non-hydrogen) atoms. The highest BCUT2D eigenvalue weighted by atomic mass is 32.2. The third kappa shape index (κ3) is 3.05. The molecule has 2 fully saturated rings. The van der Waals surface area contributed by atoms with Gasteiger partial charge in [-0.3, -0.25) is 0 Å². The van der Waals surface area contributed by atoms with Crippen LogP contribution in [0, 0.1) is 11.8 Å². The van der Waals surface area contributed by atoms with E-state index < -0.39 is 10.0 Å². The van der Waals surface area contributed by atoms with Crippen molar-refractivity contribution in [1.82, 2.24) is 24.1 Å². The number of sulfonamides is 1. The lowest BCUT2D eigenvalue weighted by molar-refractivity contribution is 0.387. The van der Waals surface area contributed by atoms with Crippen molar-refractivity contribution in [3.8, 4) is 11.5 Å². The van der Waals surface area contributed by atoms with Gasteiger partial charge in [-0.25, -0.2) is 8.42 Å². The van der Waals surface area contributed by atoms with Crippen LogP contribution < -0.4 is 14.4 Å². The fraction of sp³-hybridized carbons (Fsp3) is 0.421. The zero-order valence-corrected chi connectivity index (χ0v) is 17.5. The first-order valence-electron chi connectivity index (χ1n) is 9.64. The summed E-state index contributed by atoms with van der Waals surface area (Å²) in [4.78, 5) is 2.34. The number of benzene rings is 1. The predicted octanol–water partition coefficient (Wildman–Crippen LogP) is 0.898. The Morgan fingerprint density at radius 3 is 2.47 bits per heavy atom. The van der Waals surface area contributed by atoms with Crippen LogP contribution >= 0.6 is 0 Å². The van der Waals surface area contributed by atoms with Gasteiger partial charge in [-0.2, -0.15) is 8.82 Å². The van der Waals surface area contributed by atoms with E-state index in [0.717, 1.165) is 18.9 Å². The SMILES string of the molecule is COc1ccc(OC)c(S(=O)(=O)N2CC3CN(c4ccc5nncn5n4)CC3C2)c1. The van der Waals surface area contributed by atoms with E-state index in [4.69, 9.17) is 9.47 Å². The first-order valence-corrected chi connectivity index (χ1v) is 11.1. The second-order valence-corrected chi connectivity index (χ2v) is 9.50. The molecule has 2 aliphatic heterocycles. The van der Waals surface area contributed by atoms with Crippen LogP contribution in [0.2, 0.25) is 0 Å². The maximum atomic E-state index is 13.3. The van der Waals surface area contributed by atoms with Crippen LogP contribution in [0.25, 0.3) is 5.65 Å². The highest BCUT2D eigenvalue weighted by Gasteiger charge is 2.45. The molecule has 2 aromatic heterocycles. The summed E-state index contributed by atoms with van der Waals surface area (Å²) in [6.45, 7) is 2.45. The van der Waals surface area contributed by atoms with Crippen molar-refractivity contribution in [2.24, 2.45) is 11.8 Å². The number of hydrogen-bond donors (Lipinski definition) is 0. The Morgan fingerprint density at radius 1 is 1.00 bits per heavy atom. The Hall–Kier alpha value is -2.92. The molecular weight excluding hydrogens is 408 g/mol. The molecule has 158 valence electrons. The van der Waals surface area contributed by atoms with E-state index >= 15 is 0 Å². The molecule has 2 atom stereocenters. The monoisotopic (exact) mass is 430 g/mol. The zero-order valence-electron chi connectivity index (χ0n) is 16.7. The molecule has 2 saturated heterocycles. The van der Waals surface area contributed by atoms with Crippen molar-refractivity contribution in [1.29, 1.82) is 0 Å². The van der Waals surface area contributed by atoms with Crippen LogP contribution in [0.5, 0.6) is 11.5 Å². The van der Waals surface area contributed by atoms with E-state index in [-0.39, 0.29) is 16.7 Å². The number of nitrogens with zero attached hydrogens (tertiary/aromatic N) is 6. The van der Waals surface area contributed by atoms with Crippen molar-refractivity contribution >= 4 is 21.5 Å². The summed E-state index contributed by atoms with van der Waals surface area (Å²) in [5, 5.41) is 12.4. The van der Waals surface area contributed by atoms with E-state index in [1.165, 1.54) is 20.3 Å². The molecule has 11 heteroatoms. The molecule has 3 aromatic rings. The average molecular weight is 430 g/mol. The standard InChI is InChI=1S/C19H22N6O4S/c1-28-15-3-4-16(29-2)17(7-15)30(26,27)24-10-13-8-23(9-14(13)11-24)19-6-5-18-21-20-12-25(18)22-19/h3-7,12-14H,8-11H2,1-2H3. The van der Waals surface area contributed by atoms with E-state index in [0.29, 0.717) is 30.2 Å². The van der Waals surface area contributed by atoms with Crippen molar-refractivity contribution in [3.05, 3.63) is 36.7 Å². The predicted molar refractivity (Wildman–Crippen MR) is 108 cm³/mol. The zero-order chi connectivity index (χ0) is 20.9. The number of anilines is 1. The van der Waals surface area contributed by atoms with Crippen LogP contribution in [0.15, 0.2) is 41.6 Å². The maximum Gasteiger partial charge on any atom is 0.246 e. The van der Waals surface area contributed by atoms with Gasteiger partial charge in [0.15, 0.2) is 5.65 Å². The fourth-order valence-corrected chi connectivity index (χ4v) is 6.07. The quantitative estimate of drug-likeness (QED) is 0.588. The number of methoxy groups -OCH3 is 2. The minimum atomic E-state index is -3.69. The van der Waals surface area contributed by atoms with Crippen LogP contribution in [-0.2, 0) is 10.0 Å². The van der Waals surface area contributed by atoms with Gasteiger partial charge in [-0.15, -0.1) is 15.3 Å². The summed E-state index contributed by atoms with van der Waals surface area (Å²) < 4.78 is 40.4. The van der Waals surface area contributed by atoms with E-state index in [1.807, 2.05) is 12.1 Å². The van der Waals surface area contributed by atoms with Gasteiger partial charge in [-0.05, 0) is 36.1 Å². The number of hydrogen-bond acceptors (Lipinski definition) is 8. The molecule has 5 rings (SSSR count). The molecule has 10 nitrogen and oxygen atoms in total. The molecule has 0 aliphatic carbocycles. The molecule has 0 radical (unpaired) electrons. The lowest BCUT2D eigenvalue weighted by atomic mass is 10.0. The minimum Gasteiger partial charge on any atom is -0.497 e. The first-order chi connectivity index (χ1) is 14.5. The van der Waals surface area contributed by atoms with E-state index in [1.54, 1.807) is 27.3 Å². The molecule has 0 bridgehead atoms. The van der Waals surface area contributed by atoms with Crippen LogP contribution in [-0.4, -0.2) is 72.9 Å². The Bertz CT molecular complexity index is 1180. The third-order valence-corrected chi connectivity index (χ3v) is 7.77. The topological polar surface area (TPSA) is 102 Å². The van der Waals surface area contributed by atoms with Crippen LogP contribution in [0.3, 0.4) is 0 Å². The van der Waals surface area contributed by atoms with Gasteiger partial charge in [0, 0.05) is 32.2 Å². The highest BCUT2D eigenvalue weighted by molar-refractivity contribution is 7.89. The average Bonchev–Trinajstić information content (AvgIpc) is 3.47. The van der Waals surface area contributed by atoms with Crippen LogP contribution in [0.1, 0.15) is 0 Å². The lowest BCUT2D eigenvalue weighted by Gasteiger charge is -2.23. The summed E-state index contributed by atoms with van der Waals surface area (Å²) in [6, 6.07) is 8.65. The summed E-state index contributed by atoms with van der Waals surface area (Å²) in [5.74, 6) is 2.14. The van der Waals surface area contributed by atoms with Gasteiger partial charge in [0.05, 0.1) is 14.2 Å². The minimum absolute atomic E-state index is 0.140. The number of ether oxygens (including phenoxy) is 2. The van der Waals surface area contributed by atoms with Gasteiger partial charge in [0.25, 0.3) is 0 Å². The number of rotatable bonds is 5. The Labute approximate surface area is 174 Å². The molecule has 0 saturated carbocycles. The van der Waals surface area contributed by atoms with Crippen molar-refractivity contribution in [3.63, 3.8) is 0 Å². The lowest BCUT2D eigenvalue weighted by Crippen LogP contribution is -2.33. The fourth-order valence-electron chi connectivity index (χ4n) is 4.35. The molecule has 0 spiro atoms. The van der Waals surface area contributed by atoms with Crippen molar-refractivity contribution in [2.45, 2.75) is 4.90 Å². The second-order valence-electron chi connectivity index (χ2n) is 7.59. The van der Waals surface area contributed by atoms with Gasteiger partial charge in [-0.1, -0.05) is 0 Å². The van der Waals surface area contributed by atoms with Crippen molar-refractivity contribution < 1.29 is 17.9 Å². The Balaban J connectivity index is 1.35. The molecule has 1 aromatic carbocycles. The Morgan fingerprint density at radius 2 is 1.77 bits per heavy atom. The first kappa shape index (κ1) is 19.1. The Kier molecular flexibility index (Phi) is 4.51. The van der Waals surface area contributed by atoms with E-state index in [2.05, 4.69) is 20.2 Å². The van der Waals surface area contributed by atoms with Gasteiger partial charge in [0.2, 0.25) is 10.0 Å².